The third-order valence-corrected chi connectivity index (χ3v) is 3.97. The summed E-state index contributed by atoms with van der Waals surface area (Å²) < 4.78 is 0. The van der Waals surface area contributed by atoms with E-state index >= 15 is 0 Å². The van der Waals surface area contributed by atoms with Gasteiger partial charge in [-0.2, -0.15) is 5.26 Å². The lowest BCUT2D eigenvalue weighted by atomic mass is 10.2. The molecular weight excluding hydrogens is 334 g/mol. The van der Waals surface area contributed by atoms with E-state index in [1.165, 1.54) is 12.3 Å². The molecule has 0 aromatic carbocycles. The smallest absolute Gasteiger partial charge is 0.259 e. The molecule has 0 fully saturated rings. The van der Waals surface area contributed by atoms with Crippen molar-refractivity contribution >= 4 is 34.0 Å². The molecule has 0 aliphatic heterocycles. The van der Waals surface area contributed by atoms with E-state index in [9.17, 15) is 10.1 Å². The molecule has 6 nitrogen and oxygen atoms in total. The summed E-state index contributed by atoms with van der Waals surface area (Å²) in [6.45, 7) is 0. The van der Waals surface area contributed by atoms with Crippen molar-refractivity contribution in [3.05, 3.63) is 58.4 Å². The van der Waals surface area contributed by atoms with Crippen LogP contribution in [0.1, 0.15) is 15.2 Å². The highest BCUT2D eigenvalue weighted by atomic mass is 35.5. The van der Waals surface area contributed by atoms with Crippen LogP contribution in [-0.2, 0) is 0 Å². The number of amides is 1. The maximum atomic E-state index is 12.1. The molecule has 0 spiro atoms. The van der Waals surface area contributed by atoms with Gasteiger partial charge >= 0.3 is 0 Å². The van der Waals surface area contributed by atoms with Gasteiger partial charge in [-0.05, 0) is 24.3 Å². The molecule has 0 aliphatic rings. The predicted octanol–water partition coefficient (Wildman–Crippen LogP) is 3.38. The zero-order valence-electron chi connectivity index (χ0n) is 11.5. The molecule has 0 bridgehead atoms. The van der Waals surface area contributed by atoms with Gasteiger partial charge in [0, 0.05) is 24.2 Å². The Labute approximate surface area is 140 Å². The molecule has 1 amide bonds. The number of hydrogen-bond acceptors (Lipinski definition) is 6. The quantitative estimate of drug-likeness (QED) is 0.737. The van der Waals surface area contributed by atoms with Gasteiger partial charge in [0.05, 0.1) is 5.56 Å². The summed E-state index contributed by atoms with van der Waals surface area (Å²) in [7, 11) is 0. The number of aromatic nitrogens is 3. The third-order valence-electron chi connectivity index (χ3n) is 2.87. The highest BCUT2D eigenvalue weighted by Gasteiger charge is 2.15. The molecule has 0 radical (unpaired) electrons. The number of hydrogen-bond donors (Lipinski definition) is 1. The van der Waals surface area contributed by atoms with Gasteiger partial charge in [-0.1, -0.05) is 22.9 Å². The summed E-state index contributed by atoms with van der Waals surface area (Å²) in [4.78, 5) is 24.7. The minimum Gasteiger partial charge on any atom is -0.298 e. The molecule has 3 aromatic heterocycles. The number of rotatable bonds is 3. The van der Waals surface area contributed by atoms with E-state index in [1.807, 2.05) is 0 Å². The van der Waals surface area contributed by atoms with E-state index in [2.05, 4.69) is 26.3 Å². The Bertz CT molecular complexity index is 886. The van der Waals surface area contributed by atoms with Crippen LogP contribution < -0.4 is 5.32 Å². The van der Waals surface area contributed by atoms with E-state index in [-0.39, 0.29) is 5.91 Å². The van der Waals surface area contributed by atoms with Crippen molar-refractivity contribution in [2.24, 2.45) is 0 Å². The fourth-order valence-electron chi connectivity index (χ4n) is 1.83. The molecule has 3 heterocycles. The lowest BCUT2D eigenvalue weighted by Gasteiger charge is -2.01. The number of anilines is 1. The highest BCUT2D eigenvalue weighted by Crippen LogP contribution is 2.30. The van der Waals surface area contributed by atoms with E-state index in [4.69, 9.17) is 11.6 Å². The second-order valence-electron chi connectivity index (χ2n) is 4.37. The lowest BCUT2D eigenvalue weighted by molar-refractivity contribution is 0.102. The van der Waals surface area contributed by atoms with Crippen molar-refractivity contribution in [3.8, 4) is 17.3 Å². The first-order valence-corrected chi connectivity index (χ1v) is 7.61. The molecule has 0 saturated carbocycles. The Morgan fingerprint density at radius 2 is 2.17 bits per heavy atom. The topological polar surface area (TPSA) is 91.6 Å². The van der Waals surface area contributed by atoms with Gasteiger partial charge in [0.15, 0.2) is 5.13 Å². The molecule has 3 aromatic rings. The molecule has 0 aliphatic carbocycles. The zero-order chi connectivity index (χ0) is 16.2. The Kier molecular flexibility index (Phi) is 4.28. The number of halogens is 1. The number of nitrogens with one attached hydrogen (secondary N) is 1. The van der Waals surface area contributed by atoms with Crippen molar-refractivity contribution in [3.63, 3.8) is 0 Å². The average molecular weight is 342 g/mol. The lowest BCUT2D eigenvalue weighted by Crippen LogP contribution is -2.11. The molecule has 0 atom stereocenters. The molecular formula is C15H8ClN5OS. The normalized spacial score (nSPS) is 10.1. The SMILES string of the molecule is N#Cc1sc(NC(=O)c2ccc(Cl)nc2)nc1-c1cccnc1. The van der Waals surface area contributed by atoms with Crippen LogP contribution in [0.25, 0.3) is 11.3 Å². The fraction of sp³-hybridized carbons (Fsp3) is 0. The van der Waals surface area contributed by atoms with E-state index in [1.54, 1.807) is 30.6 Å². The van der Waals surface area contributed by atoms with Crippen LogP contribution in [0.3, 0.4) is 0 Å². The largest absolute Gasteiger partial charge is 0.298 e. The van der Waals surface area contributed by atoms with Crippen LogP contribution in [0.2, 0.25) is 5.15 Å². The van der Waals surface area contributed by atoms with Gasteiger partial charge in [0.25, 0.3) is 5.91 Å². The van der Waals surface area contributed by atoms with Crippen molar-refractivity contribution < 1.29 is 4.79 Å². The van der Waals surface area contributed by atoms with E-state index in [0.717, 1.165) is 11.3 Å². The monoisotopic (exact) mass is 341 g/mol. The Morgan fingerprint density at radius 3 is 2.83 bits per heavy atom. The third kappa shape index (κ3) is 3.34. The number of thiazole rings is 1. The predicted molar refractivity (Wildman–Crippen MR) is 87.3 cm³/mol. The first kappa shape index (κ1) is 15.1. The molecule has 0 unspecified atom stereocenters. The summed E-state index contributed by atoms with van der Waals surface area (Å²) in [6, 6.07) is 8.73. The van der Waals surface area contributed by atoms with Gasteiger partial charge in [0.1, 0.15) is 21.8 Å². The van der Waals surface area contributed by atoms with Crippen molar-refractivity contribution in [2.75, 3.05) is 5.32 Å². The average Bonchev–Trinajstić information content (AvgIpc) is 2.99. The number of carbonyl (C=O) groups is 1. The maximum absolute atomic E-state index is 12.1. The van der Waals surface area contributed by atoms with E-state index < -0.39 is 0 Å². The van der Waals surface area contributed by atoms with E-state index in [0.29, 0.717) is 32.0 Å². The molecule has 8 heteroatoms. The fourth-order valence-corrected chi connectivity index (χ4v) is 2.72. The van der Waals surface area contributed by atoms with Crippen molar-refractivity contribution in [1.29, 1.82) is 5.26 Å². The van der Waals surface area contributed by atoms with Crippen molar-refractivity contribution in [2.45, 2.75) is 0 Å². The van der Waals surface area contributed by atoms with Crippen LogP contribution in [0, 0.1) is 11.3 Å². The maximum Gasteiger partial charge on any atom is 0.259 e. The minimum absolute atomic E-state index is 0.307. The van der Waals surface area contributed by atoms with Crippen LogP contribution in [0.15, 0.2) is 42.9 Å². The second kappa shape index (κ2) is 6.52. The summed E-state index contributed by atoms with van der Waals surface area (Å²) >= 11 is 6.79. The number of carbonyl (C=O) groups excluding carboxylic acids is 1. The summed E-state index contributed by atoms with van der Waals surface area (Å²) in [6.07, 6.45) is 4.63. The zero-order valence-corrected chi connectivity index (χ0v) is 13.1. The minimum atomic E-state index is -0.370. The molecule has 1 N–H and O–H groups in total. The standard InChI is InChI=1S/C15H8ClN5OS/c16-12-4-3-10(8-19-12)14(22)21-15-20-13(11(6-17)23-15)9-2-1-5-18-7-9/h1-5,7-8H,(H,20,21,22). The molecule has 3 rings (SSSR count). The van der Waals surface area contributed by atoms with Crippen LogP contribution in [0.4, 0.5) is 5.13 Å². The van der Waals surface area contributed by atoms with Crippen molar-refractivity contribution in [1.82, 2.24) is 15.0 Å². The first-order valence-electron chi connectivity index (χ1n) is 6.41. The molecule has 112 valence electrons. The highest BCUT2D eigenvalue weighted by molar-refractivity contribution is 7.16. The molecule has 23 heavy (non-hydrogen) atoms. The van der Waals surface area contributed by atoms with Gasteiger partial charge < -0.3 is 0 Å². The summed E-state index contributed by atoms with van der Waals surface area (Å²) in [5.74, 6) is -0.370. The molecule has 0 saturated heterocycles. The number of nitriles is 1. The Hall–Kier alpha value is -2.82. The van der Waals surface area contributed by atoms with Crippen LogP contribution in [-0.4, -0.2) is 20.9 Å². The first-order chi connectivity index (χ1) is 11.2. The summed E-state index contributed by atoms with van der Waals surface area (Å²) in [5.41, 5.74) is 1.56. The van der Waals surface area contributed by atoms with Crippen LogP contribution in [0.5, 0.6) is 0 Å². The Balaban J connectivity index is 1.87. The number of pyridine rings is 2. The van der Waals surface area contributed by atoms with Crippen LogP contribution >= 0.6 is 22.9 Å². The number of nitrogens with zero attached hydrogens (tertiary/aromatic N) is 4. The van der Waals surface area contributed by atoms with Gasteiger partial charge in [0.2, 0.25) is 0 Å². The van der Waals surface area contributed by atoms with Gasteiger partial charge in [-0.15, -0.1) is 0 Å². The van der Waals surface area contributed by atoms with Gasteiger partial charge in [-0.3, -0.25) is 15.1 Å². The Morgan fingerprint density at radius 1 is 1.30 bits per heavy atom. The second-order valence-corrected chi connectivity index (χ2v) is 5.76. The van der Waals surface area contributed by atoms with Gasteiger partial charge in [-0.25, -0.2) is 9.97 Å². The summed E-state index contributed by atoms with van der Waals surface area (Å²) in [5, 5.41) is 12.5.